The highest BCUT2D eigenvalue weighted by Gasteiger charge is 2.23. The fourth-order valence-corrected chi connectivity index (χ4v) is 3.45. The Hall–Kier alpha value is -0.380. The molecule has 17 heavy (non-hydrogen) atoms. The summed E-state index contributed by atoms with van der Waals surface area (Å²) in [4.78, 5) is 0. The van der Waals surface area contributed by atoms with Crippen molar-refractivity contribution in [2.75, 3.05) is 19.7 Å². The summed E-state index contributed by atoms with van der Waals surface area (Å²) in [7, 11) is 0. The van der Waals surface area contributed by atoms with Gasteiger partial charge >= 0.3 is 0 Å². The van der Waals surface area contributed by atoms with Gasteiger partial charge in [-0.25, -0.2) is 0 Å². The summed E-state index contributed by atoms with van der Waals surface area (Å²) >= 11 is 1.77. The highest BCUT2D eigenvalue weighted by molar-refractivity contribution is 7.07. The van der Waals surface area contributed by atoms with Gasteiger partial charge in [0.2, 0.25) is 0 Å². The van der Waals surface area contributed by atoms with Crippen molar-refractivity contribution in [1.82, 2.24) is 5.32 Å². The molecule has 1 fully saturated rings. The Morgan fingerprint density at radius 1 is 1.29 bits per heavy atom. The van der Waals surface area contributed by atoms with E-state index in [1.165, 1.54) is 31.2 Å². The third-order valence-electron chi connectivity index (χ3n) is 3.88. The molecule has 1 aliphatic rings. The van der Waals surface area contributed by atoms with Crippen LogP contribution in [0.5, 0.6) is 0 Å². The van der Waals surface area contributed by atoms with Gasteiger partial charge in [0.05, 0.1) is 0 Å². The Morgan fingerprint density at radius 2 is 2.12 bits per heavy atom. The lowest BCUT2D eigenvalue weighted by Gasteiger charge is -2.30. The van der Waals surface area contributed by atoms with E-state index < -0.39 is 0 Å². The molecule has 0 saturated heterocycles. The van der Waals surface area contributed by atoms with E-state index >= 15 is 0 Å². The molecule has 2 unspecified atom stereocenters. The first-order chi connectivity index (χ1) is 8.40. The van der Waals surface area contributed by atoms with Crippen molar-refractivity contribution in [2.24, 2.45) is 11.8 Å². The minimum atomic E-state index is 0.372. The molecule has 1 aliphatic carbocycles. The highest BCUT2D eigenvalue weighted by Crippen LogP contribution is 2.28. The fourth-order valence-electron chi connectivity index (χ4n) is 2.75. The molecule has 0 radical (unpaired) electrons. The Kier molecular flexibility index (Phi) is 5.49. The number of nitrogens with one attached hydrogen (secondary N) is 1. The van der Waals surface area contributed by atoms with Crippen LogP contribution in [0.3, 0.4) is 0 Å². The molecule has 1 heterocycles. The van der Waals surface area contributed by atoms with Crippen LogP contribution in [0.15, 0.2) is 16.8 Å². The number of hydrogen-bond donors (Lipinski definition) is 2. The minimum absolute atomic E-state index is 0.372. The molecule has 1 aromatic heterocycles. The second-order valence-corrected chi connectivity index (χ2v) is 5.85. The zero-order valence-corrected chi connectivity index (χ0v) is 11.2. The van der Waals surface area contributed by atoms with E-state index in [4.69, 9.17) is 0 Å². The zero-order valence-electron chi connectivity index (χ0n) is 10.4. The Balaban J connectivity index is 1.63. The Morgan fingerprint density at radius 3 is 2.82 bits per heavy atom. The summed E-state index contributed by atoms with van der Waals surface area (Å²) in [6.07, 6.45) is 6.27. The van der Waals surface area contributed by atoms with Gasteiger partial charge in [-0.1, -0.05) is 12.8 Å². The van der Waals surface area contributed by atoms with E-state index in [0.29, 0.717) is 18.4 Å². The van der Waals surface area contributed by atoms with E-state index in [1.54, 1.807) is 11.3 Å². The Bertz CT molecular complexity index is 299. The van der Waals surface area contributed by atoms with Crippen molar-refractivity contribution in [3.63, 3.8) is 0 Å². The van der Waals surface area contributed by atoms with E-state index in [2.05, 4.69) is 22.1 Å². The van der Waals surface area contributed by atoms with Crippen molar-refractivity contribution in [1.29, 1.82) is 0 Å². The minimum Gasteiger partial charge on any atom is -0.396 e. The average molecular weight is 253 g/mol. The molecule has 2 nitrogen and oxygen atoms in total. The molecule has 0 bridgehead atoms. The summed E-state index contributed by atoms with van der Waals surface area (Å²) in [6.45, 7) is 2.51. The second-order valence-electron chi connectivity index (χ2n) is 5.07. The van der Waals surface area contributed by atoms with Gasteiger partial charge in [0.1, 0.15) is 0 Å². The smallest absolute Gasteiger partial charge is 0.0462 e. The lowest BCUT2D eigenvalue weighted by Crippen LogP contribution is -2.33. The monoisotopic (exact) mass is 253 g/mol. The lowest BCUT2D eigenvalue weighted by molar-refractivity contribution is 0.133. The van der Waals surface area contributed by atoms with Gasteiger partial charge in [-0.15, -0.1) is 0 Å². The first-order valence-electron chi connectivity index (χ1n) is 6.73. The van der Waals surface area contributed by atoms with E-state index in [-0.39, 0.29) is 0 Å². The third-order valence-corrected chi connectivity index (χ3v) is 4.61. The molecule has 2 rings (SSSR count). The first kappa shape index (κ1) is 13.1. The molecule has 0 spiro atoms. The van der Waals surface area contributed by atoms with Crippen LogP contribution in [-0.2, 0) is 6.42 Å². The van der Waals surface area contributed by atoms with E-state index in [9.17, 15) is 5.11 Å². The standard InChI is InChI=1S/C14H23NOS/c16-10-14-4-2-1-3-13(14)9-15-7-5-12-6-8-17-11-12/h6,8,11,13-16H,1-5,7,9-10H2. The number of aliphatic hydroxyl groups excluding tert-OH is 1. The van der Waals surface area contributed by atoms with Crippen molar-refractivity contribution >= 4 is 11.3 Å². The second kappa shape index (κ2) is 7.14. The van der Waals surface area contributed by atoms with Gasteiger partial charge in [0.25, 0.3) is 0 Å². The molecular weight excluding hydrogens is 230 g/mol. The number of hydrogen-bond acceptors (Lipinski definition) is 3. The predicted molar refractivity (Wildman–Crippen MR) is 73.4 cm³/mol. The molecule has 2 atom stereocenters. The largest absolute Gasteiger partial charge is 0.396 e. The Labute approximate surface area is 108 Å². The maximum atomic E-state index is 9.34. The molecule has 2 N–H and O–H groups in total. The zero-order chi connectivity index (χ0) is 11.9. The van der Waals surface area contributed by atoms with Crippen molar-refractivity contribution in [2.45, 2.75) is 32.1 Å². The first-order valence-corrected chi connectivity index (χ1v) is 7.67. The van der Waals surface area contributed by atoms with Gasteiger partial charge in [-0.05, 0) is 66.6 Å². The van der Waals surface area contributed by atoms with Gasteiger partial charge < -0.3 is 10.4 Å². The van der Waals surface area contributed by atoms with Gasteiger partial charge in [-0.2, -0.15) is 11.3 Å². The van der Waals surface area contributed by atoms with Crippen LogP contribution >= 0.6 is 11.3 Å². The average Bonchev–Trinajstić information content (AvgIpc) is 2.88. The van der Waals surface area contributed by atoms with Crippen LogP contribution in [0.4, 0.5) is 0 Å². The normalized spacial score (nSPS) is 25.0. The summed E-state index contributed by atoms with van der Waals surface area (Å²) in [5.41, 5.74) is 1.44. The maximum absolute atomic E-state index is 9.34. The van der Waals surface area contributed by atoms with Gasteiger partial charge in [0, 0.05) is 6.61 Å². The number of rotatable bonds is 6. The molecule has 96 valence electrons. The summed E-state index contributed by atoms with van der Waals surface area (Å²) in [5.74, 6) is 1.23. The quantitative estimate of drug-likeness (QED) is 0.764. The van der Waals surface area contributed by atoms with E-state index in [0.717, 1.165) is 19.5 Å². The van der Waals surface area contributed by atoms with Crippen LogP contribution in [0.2, 0.25) is 0 Å². The van der Waals surface area contributed by atoms with Crippen LogP contribution in [-0.4, -0.2) is 24.8 Å². The maximum Gasteiger partial charge on any atom is 0.0462 e. The van der Waals surface area contributed by atoms with Crippen molar-refractivity contribution < 1.29 is 5.11 Å². The summed E-state index contributed by atoms with van der Waals surface area (Å²) in [6, 6.07) is 2.20. The molecule has 0 aromatic carbocycles. The van der Waals surface area contributed by atoms with Gasteiger partial charge in [0.15, 0.2) is 0 Å². The molecule has 1 aromatic rings. The lowest BCUT2D eigenvalue weighted by atomic mass is 9.79. The third kappa shape index (κ3) is 4.09. The number of thiophene rings is 1. The SMILES string of the molecule is OCC1CCCCC1CNCCc1ccsc1. The molecule has 0 aliphatic heterocycles. The molecule has 1 saturated carbocycles. The molecular formula is C14H23NOS. The van der Waals surface area contributed by atoms with Crippen LogP contribution in [0, 0.1) is 11.8 Å². The van der Waals surface area contributed by atoms with Crippen molar-refractivity contribution in [3.8, 4) is 0 Å². The molecule has 0 amide bonds. The highest BCUT2D eigenvalue weighted by atomic mass is 32.1. The topological polar surface area (TPSA) is 32.3 Å². The molecule has 3 heteroatoms. The fraction of sp³-hybridized carbons (Fsp3) is 0.714. The van der Waals surface area contributed by atoms with Crippen LogP contribution in [0.1, 0.15) is 31.2 Å². The summed E-state index contributed by atoms with van der Waals surface area (Å²) < 4.78 is 0. The van der Waals surface area contributed by atoms with Crippen LogP contribution in [0.25, 0.3) is 0 Å². The predicted octanol–water partition coefficient (Wildman–Crippen LogP) is 2.68. The van der Waals surface area contributed by atoms with Gasteiger partial charge in [-0.3, -0.25) is 0 Å². The number of aliphatic hydroxyl groups is 1. The van der Waals surface area contributed by atoms with Crippen LogP contribution < -0.4 is 5.32 Å². The summed E-state index contributed by atoms with van der Waals surface area (Å²) in [5, 5.41) is 17.3. The van der Waals surface area contributed by atoms with E-state index in [1.807, 2.05) is 0 Å². The van der Waals surface area contributed by atoms with Crippen molar-refractivity contribution in [3.05, 3.63) is 22.4 Å².